The molecule has 2 N–H and O–H groups in total. The van der Waals surface area contributed by atoms with Gasteiger partial charge in [0.25, 0.3) is 5.91 Å². The number of carbonyl (C=O) groups is 1. The summed E-state index contributed by atoms with van der Waals surface area (Å²) in [6, 6.07) is 11.8. The second-order valence-electron chi connectivity index (χ2n) is 7.15. The van der Waals surface area contributed by atoms with Gasteiger partial charge >= 0.3 is 0 Å². The maximum absolute atomic E-state index is 12.3. The predicted molar refractivity (Wildman–Crippen MR) is 112 cm³/mol. The van der Waals surface area contributed by atoms with Crippen LogP contribution in [0.5, 0.6) is 0 Å². The first kappa shape index (κ1) is 20.0. The highest BCUT2D eigenvalue weighted by atomic mass is 35.5. The van der Waals surface area contributed by atoms with Crippen LogP contribution in [0.15, 0.2) is 36.4 Å². The summed E-state index contributed by atoms with van der Waals surface area (Å²) < 4.78 is 0. The highest BCUT2D eigenvalue weighted by Crippen LogP contribution is 2.22. The molecule has 1 saturated heterocycles. The lowest BCUT2D eigenvalue weighted by molar-refractivity contribution is -0.892. The zero-order chi connectivity index (χ0) is 19.4. The molecule has 2 aromatic rings. The summed E-state index contributed by atoms with van der Waals surface area (Å²) in [4.78, 5) is 16.0. The lowest BCUT2D eigenvalue weighted by Gasteiger charge is -2.34. The van der Waals surface area contributed by atoms with Crippen LogP contribution in [0.1, 0.15) is 16.7 Å². The number of aryl methyl sites for hydroxylation is 1. The van der Waals surface area contributed by atoms with Gasteiger partial charge in [-0.05, 0) is 48.7 Å². The van der Waals surface area contributed by atoms with Crippen LogP contribution in [0.2, 0.25) is 10.0 Å². The van der Waals surface area contributed by atoms with E-state index in [0.29, 0.717) is 23.1 Å². The summed E-state index contributed by atoms with van der Waals surface area (Å²) in [6.07, 6.45) is 0. The first-order valence-corrected chi connectivity index (χ1v) is 10.0. The summed E-state index contributed by atoms with van der Waals surface area (Å²) in [6.45, 7) is 9.11. The Balaban J connectivity index is 1.47. The molecule has 0 aliphatic carbocycles. The van der Waals surface area contributed by atoms with Crippen LogP contribution >= 0.6 is 23.2 Å². The number of nitrogens with one attached hydrogen (secondary N) is 2. The molecule has 0 unspecified atom stereocenters. The molecule has 3 rings (SSSR count). The van der Waals surface area contributed by atoms with E-state index in [9.17, 15) is 4.79 Å². The van der Waals surface area contributed by atoms with Crippen molar-refractivity contribution in [1.82, 2.24) is 5.32 Å². The van der Waals surface area contributed by atoms with Crippen molar-refractivity contribution in [1.29, 1.82) is 0 Å². The van der Waals surface area contributed by atoms with E-state index in [1.807, 2.05) is 6.07 Å². The molecule has 6 heteroatoms. The number of piperazine rings is 1. The molecule has 0 spiro atoms. The molecular formula is C21H26Cl2N3O+. The largest absolute Gasteiger partial charge is 0.360 e. The second kappa shape index (κ2) is 8.96. The number of amides is 1. The van der Waals surface area contributed by atoms with Crippen molar-refractivity contribution in [3.05, 3.63) is 63.1 Å². The fourth-order valence-corrected chi connectivity index (χ4v) is 3.94. The van der Waals surface area contributed by atoms with Gasteiger partial charge in [-0.3, -0.25) is 4.79 Å². The highest BCUT2D eigenvalue weighted by Gasteiger charge is 2.23. The van der Waals surface area contributed by atoms with Crippen LogP contribution in [-0.4, -0.2) is 38.6 Å². The molecule has 0 bridgehead atoms. The molecule has 1 heterocycles. The number of halogens is 2. The van der Waals surface area contributed by atoms with Gasteiger partial charge in [0.15, 0.2) is 6.54 Å². The van der Waals surface area contributed by atoms with Crippen LogP contribution in [0, 0.1) is 13.8 Å². The quantitative estimate of drug-likeness (QED) is 0.800. The second-order valence-corrected chi connectivity index (χ2v) is 7.99. The van der Waals surface area contributed by atoms with Gasteiger partial charge in [-0.1, -0.05) is 41.4 Å². The minimum Gasteiger partial charge on any atom is -0.360 e. The predicted octanol–water partition coefficient (Wildman–Crippen LogP) is 2.63. The smallest absolute Gasteiger partial charge is 0.275 e. The van der Waals surface area contributed by atoms with E-state index < -0.39 is 0 Å². The first-order chi connectivity index (χ1) is 12.9. The summed E-state index contributed by atoms with van der Waals surface area (Å²) in [5.41, 5.74) is 4.86. The van der Waals surface area contributed by atoms with Crippen molar-refractivity contribution >= 4 is 34.8 Å². The topological polar surface area (TPSA) is 36.8 Å². The monoisotopic (exact) mass is 406 g/mol. The molecular weight excluding hydrogens is 381 g/mol. The van der Waals surface area contributed by atoms with Crippen LogP contribution in [-0.2, 0) is 11.3 Å². The van der Waals surface area contributed by atoms with Crippen molar-refractivity contribution in [2.24, 2.45) is 0 Å². The lowest BCUT2D eigenvalue weighted by atomic mass is 10.1. The molecule has 0 saturated carbocycles. The molecule has 4 nitrogen and oxygen atoms in total. The summed E-state index contributed by atoms with van der Waals surface area (Å²) in [7, 11) is 0. The van der Waals surface area contributed by atoms with Gasteiger partial charge in [0.2, 0.25) is 0 Å². The third-order valence-electron chi connectivity index (χ3n) is 5.29. The molecule has 27 heavy (non-hydrogen) atoms. The Labute approximate surface area is 171 Å². The lowest BCUT2D eigenvalue weighted by Crippen LogP contribution is -3.15. The van der Waals surface area contributed by atoms with Crippen LogP contribution < -0.4 is 15.1 Å². The maximum Gasteiger partial charge on any atom is 0.275 e. The van der Waals surface area contributed by atoms with Crippen LogP contribution in [0.25, 0.3) is 0 Å². The van der Waals surface area contributed by atoms with Crippen LogP contribution in [0.3, 0.4) is 0 Å². The fourth-order valence-electron chi connectivity index (χ4n) is 3.47. The third kappa shape index (κ3) is 5.16. The van der Waals surface area contributed by atoms with E-state index in [4.69, 9.17) is 23.2 Å². The average molecular weight is 407 g/mol. The minimum absolute atomic E-state index is 0.0520. The van der Waals surface area contributed by atoms with Crippen molar-refractivity contribution in [3.8, 4) is 0 Å². The Morgan fingerprint density at radius 1 is 1.15 bits per heavy atom. The molecule has 1 aliphatic rings. The van der Waals surface area contributed by atoms with Crippen molar-refractivity contribution in [2.45, 2.75) is 20.4 Å². The van der Waals surface area contributed by atoms with Gasteiger partial charge in [0.1, 0.15) is 0 Å². The standard InChI is InChI=1S/C21H25Cl2N3O/c1-15-4-3-5-20(16(15)2)26-10-8-25(9-11-26)14-21(27)24-13-17-6-7-18(22)12-19(17)23/h3-7,12H,8-11,13-14H2,1-2H3,(H,24,27)/p+1. The van der Waals surface area contributed by atoms with E-state index in [0.717, 1.165) is 31.7 Å². The third-order valence-corrected chi connectivity index (χ3v) is 5.88. The van der Waals surface area contributed by atoms with E-state index in [2.05, 4.69) is 42.3 Å². The zero-order valence-corrected chi connectivity index (χ0v) is 17.3. The number of rotatable bonds is 5. The summed E-state index contributed by atoms with van der Waals surface area (Å²) >= 11 is 12.1. The maximum atomic E-state index is 12.3. The molecule has 144 valence electrons. The van der Waals surface area contributed by atoms with E-state index >= 15 is 0 Å². The summed E-state index contributed by atoms with van der Waals surface area (Å²) in [5, 5.41) is 4.14. The number of benzene rings is 2. The Morgan fingerprint density at radius 3 is 2.59 bits per heavy atom. The van der Waals surface area contributed by atoms with Gasteiger partial charge < -0.3 is 15.1 Å². The van der Waals surface area contributed by atoms with Crippen molar-refractivity contribution < 1.29 is 9.69 Å². The van der Waals surface area contributed by atoms with Gasteiger partial charge in [-0.25, -0.2) is 0 Å². The Bertz CT molecular complexity index is 817. The molecule has 0 atom stereocenters. The average Bonchev–Trinajstić information content (AvgIpc) is 2.64. The highest BCUT2D eigenvalue weighted by molar-refractivity contribution is 6.35. The van der Waals surface area contributed by atoms with E-state index in [1.54, 1.807) is 12.1 Å². The first-order valence-electron chi connectivity index (χ1n) is 9.29. The molecule has 2 aromatic carbocycles. The Morgan fingerprint density at radius 2 is 1.89 bits per heavy atom. The SMILES string of the molecule is Cc1cccc(N2CC[NH+](CC(=O)NCc3ccc(Cl)cc3Cl)CC2)c1C. The molecule has 1 fully saturated rings. The number of hydrogen-bond acceptors (Lipinski definition) is 2. The molecule has 1 amide bonds. The number of carbonyl (C=O) groups excluding carboxylic acids is 1. The van der Waals surface area contributed by atoms with E-state index in [1.165, 1.54) is 21.7 Å². The number of nitrogens with zero attached hydrogens (tertiary/aromatic N) is 1. The van der Waals surface area contributed by atoms with Gasteiger partial charge in [0.05, 0.1) is 26.2 Å². The van der Waals surface area contributed by atoms with Crippen LogP contribution in [0.4, 0.5) is 5.69 Å². The van der Waals surface area contributed by atoms with Gasteiger partial charge in [0, 0.05) is 22.3 Å². The molecule has 0 aromatic heterocycles. The minimum atomic E-state index is 0.0520. The summed E-state index contributed by atoms with van der Waals surface area (Å²) in [5.74, 6) is 0.0520. The van der Waals surface area contributed by atoms with Crippen molar-refractivity contribution in [2.75, 3.05) is 37.6 Å². The molecule has 1 aliphatic heterocycles. The number of anilines is 1. The van der Waals surface area contributed by atoms with Gasteiger partial charge in [-0.15, -0.1) is 0 Å². The van der Waals surface area contributed by atoms with Crippen molar-refractivity contribution in [3.63, 3.8) is 0 Å². The number of quaternary nitrogens is 1. The van der Waals surface area contributed by atoms with Gasteiger partial charge in [-0.2, -0.15) is 0 Å². The Kier molecular flexibility index (Phi) is 6.64. The van der Waals surface area contributed by atoms with E-state index in [-0.39, 0.29) is 5.91 Å². The normalized spacial score (nSPS) is 15.0. The Hall–Kier alpha value is -1.75. The zero-order valence-electron chi connectivity index (χ0n) is 15.8. The number of hydrogen-bond donors (Lipinski definition) is 2. The fraction of sp³-hybridized carbons (Fsp3) is 0.381. The molecule has 0 radical (unpaired) electrons.